The molecule has 0 saturated carbocycles. The number of nitrogens with zero attached hydrogens (tertiary/aromatic N) is 2. The van der Waals surface area contributed by atoms with Gasteiger partial charge in [-0.2, -0.15) is 0 Å². The fourth-order valence-corrected chi connectivity index (χ4v) is 2.18. The molecule has 72 valence electrons. The lowest BCUT2D eigenvalue weighted by Gasteiger charge is -2.04. The SMILES string of the molecule is Cc1cnc2c(Cl)cc(I)c(O)c2n1. The summed E-state index contributed by atoms with van der Waals surface area (Å²) < 4.78 is 0.681. The van der Waals surface area contributed by atoms with Crippen LogP contribution < -0.4 is 0 Å². The van der Waals surface area contributed by atoms with Crippen molar-refractivity contribution in [2.24, 2.45) is 0 Å². The maximum absolute atomic E-state index is 9.74. The Hall–Kier alpha value is -0.620. The van der Waals surface area contributed by atoms with Crippen molar-refractivity contribution in [3.63, 3.8) is 0 Å². The second-order valence-electron chi connectivity index (χ2n) is 2.90. The Labute approximate surface area is 99.3 Å². The summed E-state index contributed by atoms with van der Waals surface area (Å²) in [4.78, 5) is 8.32. The highest BCUT2D eigenvalue weighted by molar-refractivity contribution is 14.1. The van der Waals surface area contributed by atoms with Gasteiger partial charge in [0.05, 0.1) is 14.3 Å². The molecule has 0 aliphatic carbocycles. The molecule has 1 aromatic carbocycles. The van der Waals surface area contributed by atoms with Crippen LogP contribution in [-0.4, -0.2) is 15.1 Å². The molecule has 0 atom stereocenters. The zero-order chi connectivity index (χ0) is 10.3. The molecule has 1 aromatic heterocycles. The van der Waals surface area contributed by atoms with Gasteiger partial charge in [-0.05, 0) is 35.6 Å². The van der Waals surface area contributed by atoms with Gasteiger partial charge in [-0.3, -0.25) is 4.98 Å². The lowest BCUT2D eigenvalue weighted by molar-refractivity contribution is 0.476. The monoisotopic (exact) mass is 320 g/mol. The van der Waals surface area contributed by atoms with E-state index in [2.05, 4.69) is 9.97 Å². The first-order valence-electron chi connectivity index (χ1n) is 3.90. The summed E-state index contributed by atoms with van der Waals surface area (Å²) in [5.41, 5.74) is 1.75. The Morgan fingerprint density at radius 2 is 2.14 bits per heavy atom. The number of aryl methyl sites for hydroxylation is 1. The van der Waals surface area contributed by atoms with E-state index < -0.39 is 0 Å². The largest absolute Gasteiger partial charge is 0.505 e. The first kappa shape index (κ1) is 9.92. The quantitative estimate of drug-likeness (QED) is 0.759. The van der Waals surface area contributed by atoms with Gasteiger partial charge >= 0.3 is 0 Å². The van der Waals surface area contributed by atoms with Gasteiger partial charge in [0.2, 0.25) is 0 Å². The standard InChI is InChI=1S/C9H6ClIN2O/c1-4-3-12-7-5(10)2-6(11)9(14)8(7)13-4/h2-3,14H,1H3. The van der Waals surface area contributed by atoms with E-state index in [1.165, 1.54) is 0 Å². The molecule has 0 aliphatic rings. The molecule has 1 heterocycles. The van der Waals surface area contributed by atoms with E-state index in [1.807, 2.05) is 29.5 Å². The Balaban J connectivity index is 2.95. The third kappa shape index (κ3) is 1.52. The minimum Gasteiger partial charge on any atom is -0.505 e. The number of fused-ring (bicyclic) bond motifs is 1. The average Bonchev–Trinajstić information content (AvgIpc) is 2.14. The molecule has 1 N–H and O–H groups in total. The van der Waals surface area contributed by atoms with Crippen molar-refractivity contribution >= 4 is 45.2 Å². The molecule has 2 rings (SSSR count). The van der Waals surface area contributed by atoms with Crippen molar-refractivity contribution in [3.05, 3.63) is 26.5 Å². The normalized spacial score (nSPS) is 10.8. The van der Waals surface area contributed by atoms with Crippen molar-refractivity contribution < 1.29 is 5.11 Å². The summed E-state index contributed by atoms with van der Waals surface area (Å²) in [5.74, 6) is 0.140. The van der Waals surface area contributed by atoms with E-state index in [1.54, 1.807) is 12.3 Å². The van der Waals surface area contributed by atoms with Crippen molar-refractivity contribution in [2.45, 2.75) is 6.92 Å². The highest BCUT2D eigenvalue weighted by Gasteiger charge is 2.10. The lowest BCUT2D eigenvalue weighted by atomic mass is 10.2. The van der Waals surface area contributed by atoms with Crippen molar-refractivity contribution in [2.75, 3.05) is 0 Å². The molecule has 14 heavy (non-hydrogen) atoms. The number of aromatic hydroxyl groups is 1. The zero-order valence-electron chi connectivity index (χ0n) is 7.25. The van der Waals surface area contributed by atoms with Crippen molar-refractivity contribution in [1.82, 2.24) is 9.97 Å². The summed E-state index contributed by atoms with van der Waals surface area (Å²) in [6.45, 7) is 1.82. The number of hydrogen-bond acceptors (Lipinski definition) is 3. The Kier molecular flexibility index (Phi) is 2.48. The van der Waals surface area contributed by atoms with Crippen LogP contribution in [0.3, 0.4) is 0 Å². The molecular weight excluding hydrogens is 314 g/mol. The third-order valence-corrected chi connectivity index (χ3v) is 2.93. The minimum absolute atomic E-state index is 0.140. The number of rotatable bonds is 0. The highest BCUT2D eigenvalue weighted by atomic mass is 127. The van der Waals surface area contributed by atoms with Gasteiger partial charge in [0.15, 0.2) is 5.75 Å². The number of aromatic nitrogens is 2. The predicted octanol–water partition coefficient (Wildman–Crippen LogP) is 2.90. The van der Waals surface area contributed by atoms with E-state index in [0.717, 1.165) is 5.69 Å². The van der Waals surface area contributed by atoms with Crippen molar-refractivity contribution in [1.29, 1.82) is 0 Å². The van der Waals surface area contributed by atoms with E-state index in [4.69, 9.17) is 11.6 Å². The number of halogens is 2. The molecular formula is C9H6ClIN2O. The van der Waals surface area contributed by atoms with Crippen LogP contribution in [0, 0.1) is 10.5 Å². The number of phenolic OH excluding ortho intramolecular Hbond substituents is 1. The van der Waals surface area contributed by atoms with E-state index >= 15 is 0 Å². The summed E-state index contributed by atoms with van der Waals surface area (Å²) in [6.07, 6.45) is 1.63. The first-order chi connectivity index (χ1) is 6.59. The molecule has 0 amide bonds. The third-order valence-electron chi connectivity index (χ3n) is 1.82. The summed E-state index contributed by atoms with van der Waals surface area (Å²) in [6, 6.07) is 1.67. The molecule has 0 aliphatic heterocycles. The maximum atomic E-state index is 9.74. The van der Waals surface area contributed by atoms with Crippen LogP contribution in [-0.2, 0) is 0 Å². The number of phenols is 1. The minimum atomic E-state index is 0.140. The molecule has 0 bridgehead atoms. The molecule has 0 fully saturated rings. The Bertz CT molecular complexity index is 516. The van der Waals surface area contributed by atoms with Gasteiger partial charge in [-0.25, -0.2) is 4.98 Å². The maximum Gasteiger partial charge on any atom is 0.156 e. The van der Waals surface area contributed by atoms with Crippen LogP contribution in [0.15, 0.2) is 12.3 Å². The van der Waals surface area contributed by atoms with Crippen LogP contribution >= 0.6 is 34.2 Å². The van der Waals surface area contributed by atoms with Gasteiger partial charge in [0.25, 0.3) is 0 Å². The Morgan fingerprint density at radius 1 is 1.43 bits per heavy atom. The molecule has 0 unspecified atom stereocenters. The van der Waals surface area contributed by atoms with E-state index in [-0.39, 0.29) is 5.75 Å². The zero-order valence-corrected chi connectivity index (χ0v) is 10.2. The van der Waals surface area contributed by atoms with E-state index in [0.29, 0.717) is 19.6 Å². The topological polar surface area (TPSA) is 46.0 Å². The van der Waals surface area contributed by atoms with Crippen LogP contribution in [0.4, 0.5) is 0 Å². The van der Waals surface area contributed by atoms with E-state index in [9.17, 15) is 5.11 Å². The van der Waals surface area contributed by atoms with Gasteiger partial charge in [0, 0.05) is 6.20 Å². The van der Waals surface area contributed by atoms with Gasteiger partial charge in [-0.1, -0.05) is 11.6 Å². The van der Waals surface area contributed by atoms with Crippen LogP contribution in [0.5, 0.6) is 5.75 Å². The second-order valence-corrected chi connectivity index (χ2v) is 4.47. The summed E-state index contributed by atoms with van der Waals surface area (Å²) in [7, 11) is 0. The molecule has 0 saturated heterocycles. The number of hydrogen-bond donors (Lipinski definition) is 1. The summed E-state index contributed by atoms with van der Waals surface area (Å²) in [5, 5.41) is 10.2. The Morgan fingerprint density at radius 3 is 2.86 bits per heavy atom. The van der Waals surface area contributed by atoms with Crippen LogP contribution in [0.25, 0.3) is 11.0 Å². The second kappa shape index (κ2) is 3.51. The predicted molar refractivity (Wildman–Crippen MR) is 63.7 cm³/mol. The molecule has 0 radical (unpaired) electrons. The van der Waals surface area contributed by atoms with Crippen molar-refractivity contribution in [3.8, 4) is 5.75 Å². The first-order valence-corrected chi connectivity index (χ1v) is 5.35. The fourth-order valence-electron chi connectivity index (χ4n) is 1.18. The summed E-state index contributed by atoms with van der Waals surface area (Å²) >= 11 is 7.98. The van der Waals surface area contributed by atoms with Gasteiger partial charge < -0.3 is 5.11 Å². The average molecular weight is 321 g/mol. The molecule has 3 nitrogen and oxygen atoms in total. The lowest BCUT2D eigenvalue weighted by Crippen LogP contribution is -1.90. The molecule has 0 spiro atoms. The van der Waals surface area contributed by atoms with Crippen LogP contribution in [0.1, 0.15) is 5.69 Å². The smallest absolute Gasteiger partial charge is 0.156 e. The fraction of sp³-hybridized carbons (Fsp3) is 0.111. The van der Waals surface area contributed by atoms with Gasteiger partial charge in [-0.15, -0.1) is 0 Å². The van der Waals surface area contributed by atoms with Gasteiger partial charge in [0.1, 0.15) is 11.0 Å². The highest BCUT2D eigenvalue weighted by Crippen LogP contribution is 2.32. The van der Waals surface area contributed by atoms with Crippen LogP contribution in [0.2, 0.25) is 5.02 Å². The molecule has 5 heteroatoms. The molecule has 2 aromatic rings. The number of benzene rings is 1.